The Morgan fingerprint density at radius 1 is 1.22 bits per heavy atom. The maximum absolute atomic E-state index is 12.5. The first-order valence-electron chi connectivity index (χ1n) is 8.07. The molecule has 0 saturated carbocycles. The van der Waals surface area contributed by atoms with Gasteiger partial charge in [-0.3, -0.25) is 4.79 Å². The molecule has 4 nitrogen and oxygen atoms in total. The maximum Gasteiger partial charge on any atom is 0.252 e. The highest BCUT2D eigenvalue weighted by atomic mass is 32.1. The molecule has 0 radical (unpaired) electrons. The van der Waals surface area contributed by atoms with E-state index in [2.05, 4.69) is 5.32 Å². The quantitative estimate of drug-likeness (QED) is 0.941. The number of fused-ring (bicyclic) bond motifs is 2. The van der Waals surface area contributed by atoms with Crippen molar-refractivity contribution in [2.75, 3.05) is 13.2 Å². The topological polar surface area (TPSA) is 47.6 Å². The molecule has 0 fully saturated rings. The van der Waals surface area contributed by atoms with E-state index >= 15 is 0 Å². The maximum atomic E-state index is 12.5. The molecular weight excluding hydrogens is 310 g/mol. The summed E-state index contributed by atoms with van der Waals surface area (Å²) in [4.78, 5) is 13.8. The molecule has 0 saturated heterocycles. The predicted octanol–water partition coefficient (Wildman–Crippen LogP) is 3.20. The summed E-state index contributed by atoms with van der Waals surface area (Å²) in [5, 5.41) is 5.00. The second kappa shape index (κ2) is 6.24. The van der Waals surface area contributed by atoms with Crippen molar-refractivity contribution in [3.05, 3.63) is 45.6 Å². The van der Waals surface area contributed by atoms with Gasteiger partial charge in [-0.05, 0) is 43.4 Å². The van der Waals surface area contributed by atoms with Crippen LogP contribution in [0.4, 0.5) is 0 Å². The molecule has 0 bridgehead atoms. The SMILES string of the molecule is O=C(NC[C@@H]1COc2ccccc2O1)c1csc2c1CCCC2. The van der Waals surface area contributed by atoms with E-state index in [4.69, 9.17) is 9.47 Å². The third-order valence-corrected chi connectivity index (χ3v) is 5.45. The van der Waals surface area contributed by atoms with Crippen LogP contribution < -0.4 is 14.8 Å². The zero-order chi connectivity index (χ0) is 15.6. The number of para-hydroxylation sites is 2. The number of thiophene rings is 1. The van der Waals surface area contributed by atoms with Gasteiger partial charge in [0.2, 0.25) is 0 Å². The molecule has 4 rings (SSSR count). The lowest BCUT2D eigenvalue weighted by atomic mass is 9.95. The van der Waals surface area contributed by atoms with Crippen LogP contribution in [0.1, 0.15) is 33.6 Å². The van der Waals surface area contributed by atoms with Gasteiger partial charge in [0.25, 0.3) is 5.91 Å². The van der Waals surface area contributed by atoms with Gasteiger partial charge in [0, 0.05) is 10.3 Å². The lowest BCUT2D eigenvalue weighted by Crippen LogP contribution is -2.40. The largest absolute Gasteiger partial charge is 0.486 e. The first-order chi connectivity index (χ1) is 11.3. The summed E-state index contributed by atoms with van der Waals surface area (Å²) in [6.07, 6.45) is 4.41. The van der Waals surface area contributed by atoms with E-state index in [1.807, 2.05) is 29.6 Å². The zero-order valence-corrected chi connectivity index (χ0v) is 13.7. The first kappa shape index (κ1) is 14.6. The van der Waals surface area contributed by atoms with Gasteiger partial charge >= 0.3 is 0 Å². The Labute approximate surface area is 139 Å². The fourth-order valence-corrected chi connectivity index (χ4v) is 4.28. The molecule has 2 aliphatic rings. The first-order valence-corrected chi connectivity index (χ1v) is 8.95. The predicted molar refractivity (Wildman–Crippen MR) is 89.6 cm³/mol. The summed E-state index contributed by atoms with van der Waals surface area (Å²) in [6.45, 7) is 0.914. The molecule has 23 heavy (non-hydrogen) atoms. The van der Waals surface area contributed by atoms with E-state index in [-0.39, 0.29) is 12.0 Å². The molecule has 2 aromatic rings. The summed E-state index contributed by atoms with van der Waals surface area (Å²) < 4.78 is 11.6. The third-order valence-electron chi connectivity index (χ3n) is 4.36. The Bertz CT molecular complexity index is 725. The van der Waals surface area contributed by atoms with E-state index in [9.17, 15) is 4.79 Å². The molecule has 1 aromatic carbocycles. The van der Waals surface area contributed by atoms with Crippen molar-refractivity contribution in [2.45, 2.75) is 31.8 Å². The molecule has 1 amide bonds. The fourth-order valence-electron chi connectivity index (χ4n) is 3.15. The van der Waals surface area contributed by atoms with Gasteiger partial charge in [0.15, 0.2) is 11.5 Å². The van der Waals surface area contributed by atoms with Gasteiger partial charge in [0.05, 0.1) is 12.1 Å². The number of hydrogen-bond donors (Lipinski definition) is 1. The van der Waals surface area contributed by atoms with Crippen LogP contribution in [0.3, 0.4) is 0 Å². The Morgan fingerprint density at radius 2 is 2.04 bits per heavy atom. The molecule has 1 aliphatic carbocycles. The molecule has 2 heterocycles. The van der Waals surface area contributed by atoms with Crippen LogP contribution in [-0.2, 0) is 12.8 Å². The highest BCUT2D eigenvalue weighted by molar-refractivity contribution is 7.10. The highest BCUT2D eigenvalue weighted by Gasteiger charge is 2.23. The van der Waals surface area contributed by atoms with Crippen molar-refractivity contribution in [1.29, 1.82) is 0 Å². The molecule has 0 unspecified atom stereocenters. The number of carbonyl (C=O) groups is 1. The van der Waals surface area contributed by atoms with Crippen LogP contribution in [0.5, 0.6) is 11.5 Å². The van der Waals surface area contributed by atoms with Crippen LogP contribution in [-0.4, -0.2) is 25.2 Å². The zero-order valence-electron chi connectivity index (χ0n) is 12.8. The molecular formula is C18H19NO3S. The summed E-state index contributed by atoms with van der Waals surface area (Å²) >= 11 is 1.72. The second-order valence-corrected chi connectivity index (χ2v) is 6.93. The van der Waals surface area contributed by atoms with Crippen LogP contribution in [0.2, 0.25) is 0 Å². The van der Waals surface area contributed by atoms with Crippen LogP contribution >= 0.6 is 11.3 Å². The van der Waals surface area contributed by atoms with Gasteiger partial charge in [-0.15, -0.1) is 11.3 Å². The molecule has 0 spiro atoms. The van der Waals surface area contributed by atoms with Gasteiger partial charge in [-0.25, -0.2) is 0 Å². The molecule has 5 heteroatoms. The molecule has 1 aromatic heterocycles. The number of aryl methyl sites for hydroxylation is 1. The minimum atomic E-state index is -0.150. The average molecular weight is 329 g/mol. The summed E-state index contributed by atoms with van der Waals surface area (Å²) in [7, 11) is 0. The fraction of sp³-hybridized carbons (Fsp3) is 0.389. The summed E-state index contributed by atoms with van der Waals surface area (Å²) in [5.41, 5.74) is 2.10. The van der Waals surface area contributed by atoms with Gasteiger partial charge in [-0.2, -0.15) is 0 Å². The van der Waals surface area contributed by atoms with Crippen molar-refractivity contribution >= 4 is 17.2 Å². The number of hydrogen-bond acceptors (Lipinski definition) is 4. The molecule has 120 valence electrons. The summed E-state index contributed by atoms with van der Waals surface area (Å²) in [6, 6.07) is 7.62. The Morgan fingerprint density at radius 3 is 2.96 bits per heavy atom. The normalized spacial score (nSPS) is 19.0. The van der Waals surface area contributed by atoms with Gasteiger partial charge in [-0.1, -0.05) is 12.1 Å². The van der Waals surface area contributed by atoms with Gasteiger partial charge < -0.3 is 14.8 Å². The van der Waals surface area contributed by atoms with Gasteiger partial charge in [0.1, 0.15) is 12.7 Å². The molecule has 1 N–H and O–H groups in total. The lowest BCUT2D eigenvalue weighted by molar-refractivity contribution is 0.0789. The molecule has 1 aliphatic heterocycles. The number of carbonyl (C=O) groups excluding carboxylic acids is 1. The average Bonchev–Trinajstić information content (AvgIpc) is 3.03. The second-order valence-electron chi connectivity index (χ2n) is 5.97. The Hall–Kier alpha value is -2.01. The number of rotatable bonds is 3. The van der Waals surface area contributed by atoms with Crippen molar-refractivity contribution in [3.8, 4) is 11.5 Å². The number of nitrogens with one attached hydrogen (secondary N) is 1. The minimum absolute atomic E-state index is 0.00635. The number of benzene rings is 1. The van der Waals surface area contributed by atoms with E-state index in [1.165, 1.54) is 23.3 Å². The van der Waals surface area contributed by atoms with E-state index in [0.717, 1.165) is 29.9 Å². The number of ether oxygens (including phenoxy) is 2. The monoisotopic (exact) mass is 329 g/mol. The van der Waals surface area contributed by atoms with Crippen molar-refractivity contribution in [3.63, 3.8) is 0 Å². The third kappa shape index (κ3) is 2.93. The van der Waals surface area contributed by atoms with E-state index in [0.29, 0.717) is 13.2 Å². The lowest BCUT2D eigenvalue weighted by Gasteiger charge is -2.26. The van der Waals surface area contributed by atoms with Crippen LogP contribution in [0.15, 0.2) is 29.6 Å². The smallest absolute Gasteiger partial charge is 0.252 e. The van der Waals surface area contributed by atoms with E-state index in [1.54, 1.807) is 11.3 Å². The van der Waals surface area contributed by atoms with Crippen LogP contribution in [0, 0.1) is 0 Å². The Balaban J connectivity index is 1.38. The standard InChI is InChI=1S/C18H19NO3S/c20-18(14-11-23-17-8-4-1-5-13(14)17)19-9-12-10-21-15-6-2-3-7-16(15)22-12/h2-3,6-7,11-12H,1,4-5,8-10H2,(H,19,20)/t12-/m1/s1. The molecule has 1 atom stereocenters. The van der Waals surface area contributed by atoms with Crippen molar-refractivity contribution < 1.29 is 14.3 Å². The number of amides is 1. The van der Waals surface area contributed by atoms with E-state index < -0.39 is 0 Å². The highest BCUT2D eigenvalue weighted by Crippen LogP contribution is 2.31. The minimum Gasteiger partial charge on any atom is -0.486 e. The van der Waals surface area contributed by atoms with Crippen molar-refractivity contribution in [2.24, 2.45) is 0 Å². The Kier molecular flexibility index (Phi) is 3.95. The van der Waals surface area contributed by atoms with Crippen LogP contribution in [0.25, 0.3) is 0 Å². The summed E-state index contributed by atoms with van der Waals surface area (Å²) in [5.74, 6) is 1.51. The van der Waals surface area contributed by atoms with Crippen molar-refractivity contribution in [1.82, 2.24) is 5.32 Å².